The number of nitrogens with zero attached hydrogens (tertiary/aromatic N) is 2. The van der Waals surface area contributed by atoms with Crippen LogP contribution in [0.4, 0.5) is 0 Å². The molecule has 4 nitrogen and oxygen atoms in total. The molecule has 1 saturated heterocycles. The lowest BCUT2D eigenvalue weighted by Gasteiger charge is -2.33. The molecule has 0 bridgehead atoms. The largest absolute Gasteiger partial charge is 0.282 e. The topological polar surface area (TPSA) is 40.6 Å². The van der Waals surface area contributed by atoms with E-state index in [1.807, 2.05) is 16.8 Å². The molecule has 2 heterocycles. The third-order valence-electron chi connectivity index (χ3n) is 3.33. The Labute approximate surface area is 113 Å². The van der Waals surface area contributed by atoms with Gasteiger partial charge in [-0.25, -0.2) is 0 Å². The predicted molar refractivity (Wildman–Crippen MR) is 74.7 cm³/mol. The summed E-state index contributed by atoms with van der Waals surface area (Å²) in [4.78, 5) is 0. The van der Waals surface area contributed by atoms with E-state index in [1.54, 1.807) is 22.7 Å². The number of piperidine rings is 1. The second kappa shape index (κ2) is 5.69. The zero-order valence-electron chi connectivity index (χ0n) is 10.9. The molecular weight excluding hydrogens is 268 g/mol. The quantitative estimate of drug-likeness (QED) is 0.852. The summed E-state index contributed by atoms with van der Waals surface area (Å²) in [6.45, 7) is 3.87. The highest BCUT2D eigenvalue weighted by Gasteiger charge is 2.30. The first-order valence-electron chi connectivity index (χ1n) is 6.22. The molecule has 0 N–H and O–H groups in total. The van der Waals surface area contributed by atoms with Crippen molar-refractivity contribution >= 4 is 21.5 Å². The van der Waals surface area contributed by atoms with E-state index in [0.29, 0.717) is 25.6 Å². The fourth-order valence-corrected chi connectivity index (χ4v) is 4.44. The van der Waals surface area contributed by atoms with Gasteiger partial charge in [-0.1, -0.05) is 6.92 Å². The van der Waals surface area contributed by atoms with Gasteiger partial charge in [0.05, 0.1) is 0 Å². The molecule has 0 saturated carbocycles. The molecule has 1 unspecified atom stereocenters. The fraction of sp³-hybridized carbons (Fsp3) is 0.667. The van der Waals surface area contributed by atoms with E-state index < -0.39 is 10.2 Å². The lowest BCUT2D eigenvalue weighted by atomic mass is 10.0. The molecular formula is C12H20N2O2S2. The van der Waals surface area contributed by atoms with Crippen molar-refractivity contribution in [3.63, 3.8) is 0 Å². The zero-order valence-corrected chi connectivity index (χ0v) is 12.5. The number of thiophene rings is 1. The first kappa shape index (κ1) is 14.0. The van der Waals surface area contributed by atoms with Crippen LogP contribution in [0, 0.1) is 5.92 Å². The molecule has 0 spiro atoms. The van der Waals surface area contributed by atoms with Crippen molar-refractivity contribution in [2.75, 3.05) is 20.1 Å². The van der Waals surface area contributed by atoms with E-state index in [2.05, 4.69) is 6.92 Å². The summed E-state index contributed by atoms with van der Waals surface area (Å²) < 4.78 is 27.9. The average Bonchev–Trinajstić information content (AvgIpc) is 2.81. The van der Waals surface area contributed by atoms with Gasteiger partial charge >= 0.3 is 0 Å². The molecule has 0 aromatic carbocycles. The summed E-state index contributed by atoms with van der Waals surface area (Å²) in [6.07, 6.45) is 2.09. The molecule has 18 heavy (non-hydrogen) atoms. The van der Waals surface area contributed by atoms with Crippen LogP contribution in [0.1, 0.15) is 25.3 Å². The van der Waals surface area contributed by atoms with Crippen molar-refractivity contribution in [2.24, 2.45) is 5.92 Å². The van der Waals surface area contributed by atoms with Gasteiger partial charge in [0.1, 0.15) is 0 Å². The Bertz CT molecular complexity index is 470. The van der Waals surface area contributed by atoms with Crippen molar-refractivity contribution < 1.29 is 8.42 Å². The molecule has 2 rings (SSSR count). The maximum atomic E-state index is 12.4. The maximum Gasteiger partial charge on any atom is 0.282 e. The van der Waals surface area contributed by atoms with Gasteiger partial charge in [0, 0.05) is 26.7 Å². The molecule has 1 aromatic rings. The van der Waals surface area contributed by atoms with E-state index in [4.69, 9.17) is 0 Å². The van der Waals surface area contributed by atoms with Crippen LogP contribution in [0.3, 0.4) is 0 Å². The van der Waals surface area contributed by atoms with Crippen LogP contribution >= 0.6 is 11.3 Å². The first-order chi connectivity index (χ1) is 8.50. The van der Waals surface area contributed by atoms with Gasteiger partial charge in [0.25, 0.3) is 10.2 Å². The van der Waals surface area contributed by atoms with E-state index in [0.717, 1.165) is 18.4 Å². The monoisotopic (exact) mass is 288 g/mol. The van der Waals surface area contributed by atoms with Gasteiger partial charge in [-0.2, -0.15) is 28.4 Å². The van der Waals surface area contributed by atoms with Crippen molar-refractivity contribution in [2.45, 2.75) is 26.3 Å². The van der Waals surface area contributed by atoms with Crippen LogP contribution in [0.5, 0.6) is 0 Å². The summed E-state index contributed by atoms with van der Waals surface area (Å²) in [6, 6.07) is 1.97. The minimum absolute atomic E-state index is 0.455. The Kier molecular flexibility index (Phi) is 4.42. The summed E-state index contributed by atoms with van der Waals surface area (Å²) in [5, 5.41) is 3.96. The lowest BCUT2D eigenvalue weighted by Crippen LogP contribution is -2.45. The van der Waals surface area contributed by atoms with E-state index in [9.17, 15) is 8.42 Å². The minimum atomic E-state index is -3.30. The highest BCUT2D eigenvalue weighted by atomic mass is 32.2. The van der Waals surface area contributed by atoms with Crippen molar-refractivity contribution in [1.29, 1.82) is 0 Å². The molecule has 1 aromatic heterocycles. The highest BCUT2D eigenvalue weighted by Crippen LogP contribution is 2.21. The van der Waals surface area contributed by atoms with E-state index >= 15 is 0 Å². The lowest BCUT2D eigenvalue weighted by molar-refractivity contribution is 0.263. The molecule has 102 valence electrons. The van der Waals surface area contributed by atoms with Gasteiger partial charge in [0.15, 0.2) is 0 Å². The zero-order chi connectivity index (χ0) is 13.2. The molecule has 1 fully saturated rings. The van der Waals surface area contributed by atoms with Gasteiger partial charge in [0.2, 0.25) is 0 Å². The Hall–Kier alpha value is -0.430. The van der Waals surface area contributed by atoms with E-state index in [-0.39, 0.29) is 0 Å². The Morgan fingerprint density at radius 2 is 2.33 bits per heavy atom. The van der Waals surface area contributed by atoms with Crippen molar-refractivity contribution in [3.05, 3.63) is 22.4 Å². The van der Waals surface area contributed by atoms with Gasteiger partial charge in [-0.15, -0.1) is 0 Å². The molecule has 1 atom stereocenters. The summed E-state index contributed by atoms with van der Waals surface area (Å²) in [5.41, 5.74) is 1.05. The average molecular weight is 288 g/mol. The summed E-state index contributed by atoms with van der Waals surface area (Å²) in [7, 11) is -1.64. The van der Waals surface area contributed by atoms with Crippen molar-refractivity contribution in [3.8, 4) is 0 Å². The van der Waals surface area contributed by atoms with Gasteiger partial charge in [-0.05, 0) is 41.1 Å². The Balaban J connectivity index is 2.05. The van der Waals surface area contributed by atoms with Crippen molar-refractivity contribution in [1.82, 2.24) is 8.61 Å². The minimum Gasteiger partial charge on any atom is -0.195 e. The Morgan fingerprint density at radius 3 is 2.94 bits per heavy atom. The van der Waals surface area contributed by atoms with Crippen LogP contribution < -0.4 is 0 Å². The van der Waals surface area contributed by atoms with Crippen LogP contribution in [0.2, 0.25) is 0 Å². The van der Waals surface area contributed by atoms with Gasteiger partial charge in [-0.3, -0.25) is 0 Å². The smallest absolute Gasteiger partial charge is 0.195 e. The third kappa shape index (κ3) is 3.12. The van der Waals surface area contributed by atoms with Gasteiger partial charge < -0.3 is 0 Å². The van der Waals surface area contributed by atoms with Crippen LogP contribution in [-0.2, 0) is 16.8 Å². The highest BCUT2D eigenvalue weighted by molar-refractivity contribution is 7.86. The molecule has 6 heteroatoms. The Morgan fingerprint density at radius 1 is 1.56 bits per heavy atom. The first-order valence-corrected chi connectivity index (χ1v) is 8.56. The standard InChI is InChI=1S/C12H20N2O2S2/c1-11-4-3-6-14(8-11)18(15,16)13(2)9-12-5-7-17-10-12/h5,7,10-11H,3-4,6,8-9H2,1-2H3. The molecule has 0 aliphatic carbocycles. The van der Waals surface area contributed by atoms with Crippen LogP contribution in [-0.4, -0.2) is 37.2 Å². The summed E-state index contributed by atoms with van der Waals surface area (Å²) in [5.74, 6) is 0.461. The summed E-state index contributed by atoms with van der Waals surface area (Å²) >= 11 is 1.59. The number of hydrogen-bond donors (Lipinski definition) is 0. The molecule has 0 amide bonds. The van der Waals surface area contributed by atoms with Crippen LogP contribution in [0.25, 0.3) is 0 Å². The van der Waals surface area contributed by atoms with Crippen LogP contribution in [0.15, 0.2) is 16.8 Å². The second-order valence-electron chi connectivity index (χ2n) is 5.00. The normalized spacial score (nSPS) is 22.5. The number of hydrogen-bond acceptors (Lipinski definition) is 3. The number of rotatable bonds is 4. The molecule has 1 aliphatic rings. The second-order valence-corrected chi connectivity index (χ2v) is 7.82. The fourth-order valence-electron chi connectivity index (χ4n) is 2.27. The molecule has 0 radical (unpaired) electrons. The SMILES string of the molecule is CC1CCCN(S(=O)(=O)N(C)Cc2ccsc2)C1. The maximum absolute atomic E-state index is 12.4. The van der Waals surface area contributed by atoms with E-state index in [1.165, 1.54) is 4.31 Å². The predicted octanol–water partition coefficient (Wildman–Crippen LogP) is 2.16. The molecule has 1 aliphatic heterocycles. The third-order valence-corrected chi connectivity index (χ3v) is 5.96.